The summed E-state index contributed by atoms with van der Waals surface area (Å²) in [6, 6.07) is 3.02. The van der Waals surface area contributed by atoms with Crippen LogP contribution in [0.1, 0.15) is 41.2 Å². The van der Waals surface area contributed by atoms with Crippen molar-refractivity contribution in [2.45, 2.75) is 39.2 Å². The second-order valence-electron chi connectivity index (χ2n) is 8.44. The zero-order valence-electron chi connectivity index (χ0n) is 18.6. The van der Waals surface area contributed by atoms with E-state index >= 15 is 0 Å². The van der Waals surface area contributed by atoms with Crippen LogP contribution in [-0.2, 0) is 28.8 Å². The predicted molar refractivity (Wildman–Crippen MR) is 116 cm³/mol. The van der Waals surface area contributed by atoms with Crippen molar-refractivity contribution in [3.8, 4) is 0 Å². The number of hydrogen-bond donors (Lipinski definition) is 2. The molecule has 1 aromatic heterocycles. The molecule has 11 heteroatoms. The normalized spacial score (nSPS) is 17.7. The highest BCUT2D eigenvalue weighted by Gasteiger charge is 2.32. The summed E-state index contributed by atoms with van der Waals surface area (Å²) in [4.78, 5) is 25.6. The summed E-state index contributed by atoms with van der Waals surface area (Å²) in [5.74, 6) is 1.04. The van der Waals surface area contributed by atoms with Crippen molar-refractivity contribution in [3.63, 3.8) is 0 Å². The number of aromatic nitrogens is 2. The van der Waals surface area contributed by atoms with Gasteiger partial charge in [-0.3, -0.25) is 9.69 Å². The Bertz CT molecular complexity index is 1040. The minimum atomic E-state index is -4.49. The molecule has 1 amide bonds. The van der Waals surface area contributed by atoms with Gasteiger partial charge in [-0.25, -0.2) is 9.97 Å². The van der Waals surface area contributed by atoms with E-state index in [-0.39, 0.29) is 11.6 Å². The van der Waals surface area contributed by atoms with E-state index in [1.165, 1.54) is 6.07 Å². The molecule has 4 rings (SSSR count). The predicted octanol–water partition coefficient (Wildman–Crippen LogP) is 2.73. The van der Waals surface area contributed by atoms with Crippen molar-refractivity contribution in [1.29, 1.82) is 0 Å². The van der Waals surface area contributed by atoms with E-state index in [9.17, 15) is 18.0 Å². The highest BCUT2D eigenvalue weighted by molar-refractivity contribution is 5.79. The number of nitrogen functional groups attached to an aromatic ring is 1. The second-order valence-corrected chi connectivity index (χ2v) is 8.44. The van der Waals surface area contributed by atoms with Gasteiger partial charge in [0, 0.05) is 24.3 Å². The monoisotopic (exact) mass is 464 g/mol. The van der Waals surface area contributed by atoms with Crippen LogP contribution in [0, 0.1) is 6.92 Å². The second kappa shape index (κ2) is 9.14. The summed E-state index contributed by atoms with van der Waals surface area (Å²) >= 11 is 0. The molecule has 0 radical (unpaired) electrons. The fourth-order valence-electron chi connectivity index (χ4n) is 4.10. The van der Waals surface area contributed by atoms with E-state index in [4.69, 9.17) is 10.5 Å². The third-order valence-corrected chi connectivity index (χ3v) is 5.87. The molecule has 1 fully saturated rings. The molecule has 33 heavy (non-hydrogen) atoms. The lowest BCUT2D eigenvalue weighted by Gasteiger charge is -2.27. The third-order valence-electron chi connectivity index (χ3n) is 5.87. The third kappa shape index (κ3) is 5.36. The average Bonchev–Trinajstić information content (AvgIpc) is 3.18. The topological polar surface area (TPSA) is 96.6 Å². The molecule has 0 saturated carbocycles. The lowest BCUT2D eigenvalue weighted by molar-refractivity contribution is -0.137. The molecule has 3 N–H and O–H groups in total. The molecule has 0 unspecified atom stereocenters. The van der Waals surface area contributed by atoms with Crippen LogP contribution in [0.2, 0.25) is 0 Å². The van der Waals surface area contributed by atoms with Gasteiger partial charge >= 0.3 is 6.18 Å². The van der Waals surface area contributed by atoms with Crippen LogP contribution in [-0.4, -0.2) is 58.5 Å². The van der Waals surface area contributed by atoms with Gasteiger partial charge in [-0.2, -0.15) is 13.2 Å². The first-order valence-electron chi connectivity index (χ1n) is 10.8. The van der Waals surface area contributed by atoms with Gasteiger partial charge in [0.2, 0.25) is 5.91 Å². The van der Waals surface area contributed by atoms with Gasteiger partial charge in [0.05, 0.1) is 50.1 Å². The summed E-state index contributed by atoms with van der Waals surface area (Å²) in [6.07, 6.45) is -4.49. The molecule has 0 aliphatic carbocycles. The van der Waals surface area contributed by atoms with Crippen molar-refractivity contribution in [3.05, 3.63) is 46.4 Å². The Morgan fingerprint density at radius 3 is 2.64 bits per heavy atom. The first kappa shape index (κ1) is 23.2. The Morgan fingerprint density at radius 1 is 1.21 bits per heavy atom. The number of carbonyl (C=O) groups excluding carboxylic acids is 1. The maximum atomic E-state index is 13.2. The molecule has 8 nitrogen and oxygen atoms in total. The van der Waals surface area contributed by atoms with Gasteiger partial charge < -0.3 is 20.7 Å². The highest BCUT2D eigenvalue weighted by atomic mass is 19.4. The van der Waals surface area contributed by atoms with Crippen LogP contribution in [0.3, 0.4) is 0 Å². The number of alkyl halides is 3. The molecule has 0 bridgehead atoms. The lowest BCUT2D eigenvalue weighted by atomic mass is 10.0. The van der Waals surface area contributed by atoms with E-state index in [1.807, 2.05) is 0 Å². The molecule has 2 aliphatic rings. The summed E-state index contributed by atoms with van der Waals surface area (Å²) < 4.78 is 45.0. The number of hydrogen-bond acceptors (Lipinski definition) is 7. The fourth-order valence-corrected chi connectivity index (χ4v) is 4.10. The largest absolute Gasteiger partial charge is 0.416 e. The zero-order valence-corrected chi connectivity index (χ0v) is 18.6. The molecule has 1 atom stereocenters. The number of nitrogens with two attached hydrogens (primary N) is 1. The fraction of sp³-hybridized carbons (Fsp3) is 0.500. The Morgan fingerprint density at radius 2 is 1.94 bits per heavy atom. The van der Waals surface area contributed by atoms with Crippen LogP contribution in [0.15, 0.2) is 18.2 Å². The van der Waals surface area contributed by atoms with Gasteiger partial charge in [-0.1, -0.05) is 0 Å². The molecule has 2 aromatic rings. The summed E-state index contributed by atoms with van der Waals surface area (Å²) in [7, 11) is 0. The summed E-state index contributed by atoms with van der Waals surface area (Å²) in [6.45, 7) is 7.19. The maximum absolute atomic E-state index is 13.2. The molecule has 2 aliphatic heterocycles. The average molecular weight is 464 g/mol. The first-order chi connectivity index (χ1) is 15.6. The lowest BCUT2D eigenvalue weighted by Crippen LogP contribution is -2.43. The standard InChI is InChI=1S/C22H27F3N6O2/c1-13(15-7-16(22(23,24)25)9-17(26)8-15)27-21-18-10-31(11-19(18)28-14(2)29-21)20(32)12-30-3-5-33-6-4-30/h7-9,13H,3-6,10-12,26H2,1-2H3,(H,27,28,29)/t13-/m1/s1. The van der Waals surface area contributed by atoms with Crippen LogP contribution >= 0.6 is 0 Å². The number of nitrogens with zero attached hydrogens (tertiary/aromatic N) is 4. The molecular formula is C22H27F3N6O2. The molecule has 1 saturated heterocycles. The number of benzene rings is 1. The highest BCUT2D eigenvalue weighted by Crippen LogP contribution is 2.34. The quantitative estimate of drug-likeness (QED) is 0.657. The number of anilines is 2. The Balaban J connectivity index is 1.51. The Labute approximate surface area is 189 Å². The van der Waals surface area contributed by atoms with E-state index in [2.05, 4.69) is 20.2 Å². The van der Waals surface area contributed by atoms with Crippen molar-refractivity contribution >= 4 is 17.4 Å². The van der Waals surface area contributed by atoms with E-state index < -0.39 is 17.8 Å². The van der Waals surface area contributed by atoms with Gasteiger partial charge in [-0.15, -0.1) is 0 Å². The number of fused-ring (bicyclic) bond motifs is 1. The van der Waals surface area contributed by atoms with Crippen LogP contribution in [0.4, 0.5) is 24.7 Å². The number of carbonyl (C=O) groups is 1. The van der Waals surface area contributed by atoms with Gasteiger partial charge in [0.25, 0.3) is 0 Å². The van der Waals surface area contributed by atoms with Crippen molar-refractivity contribution in [1.82, 2.24) is 19.8 Å². The van der Waals surface area contributed by atoms with Gasteiger partial charge in [0.15, 0.2) is 0 Å². The molecule has 178 valence electrons. The number of rotatable bonds is 5. The molecule has 3 heterocycles. The van der Waals surface area contributed by atoms with E-state index in [0.29, 0.717) is 50.1 Å². The molecule has 0 spiro atoms. The maximum Gasteiger partial charge on any atom is 0.416 e. The number of halogens is 3. The van der Waals surface area contributed by atoms with Crippen molar-refractivity contribution < 1.29 is 22.7 Å². The van der Waals surface area contributed by atoms with Crippen LogP contribution < -0.4 is 11.1 Å². The number of morpholine rings is 1. The first-order valence-corrected chi connectivity index (χ1v) is 10.8. The van der Waals surface area contributed by atoms with E-state index in [0.717, 1.165) is 36.5 Å². The summed E-state index contributed by atoms with van der Waals surface area (Å²) in [5.41, 5.74) is 6.88. The van der Waals surface area contributed by atoms with E-state index in [1.54, 1.807) is 18.7 Å². The Hall–Kier alpha value is -2.92. The van der Waals surface area contributed by atoms with Gasteiger partial charge in [0.1, 0.15) is 11.6 Å². The van der Waals surface area contributed by atoms with Crippen molar-refractivity contribution in [2.75, 3.05) is 43.9 Å². The molecular weight excluding hydrogens is 437 g/mol. The number of nitrogens with one attached hydrogen (secondary N) is 1. The number of amides is 1. The number of aryl methyl sites for hydroxylation is 1. The SMILES string of the molecule is Cc1nc2c(c(N[C@H](C)c3cc(N)cc(C(F)(F)F)c3)n1)CN(C(=O)CN1CCOCC1)C2. The number of ether oxygens (including phenoxy) is 1. The minimum Gasteiger partial charge on any atom is -0.399 e. The molecule has 1 aromatic carbocycles. The summed E-state index contributed by atoms with van der Waals surface area (Å²) in [5, 5.41) is 3.21. The smallest absolute Gasteiger partial charge is 0.399 e. The van der Waals surface area contributed by atoms with Crippen molar-refractivity contribution in [2.24, 2.45) is 0 Å². The van der Waals surface area contributed by atoms with Crippen LogP contribution in [0.5, 0.6) is 0 Å². The van der Waals surface area contributed by atoms with Crippen LogP contribution in [0.25, 0.3) is 0 Å². The zero-order chi connectivity index (χ0) is 23.8. The minimum absolute atomic E-state index is 0.00259. The Kier molecular flexibility index (Phi) is 6.44. The van der Waals surface area contributed by atoms with Gasteiger partial charge in [-0.05, 0) is 37.6 Å².